The van der Waals surface area contributed by atoms with Crippen LogP contribution < -0.4 is 10.2 Å². The van der Waals surface area contributed by atoms with Crippen LogP contribution in [0.1, 0.15) is 0 Å². The third-order valence-electron chi connectivity index (χ3n) is 3.77. The Morgan fingerprint density at radius 1 is 0.963 bits per heavy atom. The molecule has 1 heterocycles. The molecule has 0 bridgehead atoms. The van der Waals surface area contributed by atoms with E-state index in [4.69, 9.17) is 0 Å². The fourth-order valence-corrected chi connectivity index (χ4v) is 2.48. The Morgan fingerprint density at radius 2 is 1.70 bits per heavy atom. The number of rotatable bonds is 6. The summed E-state index contributed by atoms with van der Waals surface area (Å²) in [6.07, 6.45) is 1.20. The Bertz CT molecular complexity index is 996. The van der Waals surface area contributed by atoms with E-state index in [-0.39, 0.29) is 23.0 Å². The summed E-state index contributed by atoms with van der Waals surface area (Å²) in [4.78, 5) is 31.0. The van der Waals surface area contributed by atoms with Crippen molar-refractivity contribution in [2.75, 3.05) is 17.3 Å². The Hall–Kier alpha value is -4.08. The zero-order valence-corrected chi connectivity index (χ0v) is 14.1. The summed E-state index contributed by atoms with van der Waals surface area (Å²) in [5.41, 5.74) is 0.536. The maximum Gasteiger partial charge on any atom is 0.354 e. The van der Waals surface area contributed by atoms with Gasteiger partial charge in [0.25, 0.3) is 5.69 Å². The number of benzene rings is 2. The first kappa shape index (κ1) is 17.7. The lowest BCUT2D eigenvalue weighted by atomic mass is 10.2. The van der Waals surface area contributed by atoms with Crippen LogP contribution in [0.4, 0.5) is 34.4 Å². The van der Waals surface area contributed by atoms with E-state index >= 15 is 0 Å². The molecule has 2 aromatic carbocycles. The highest BCUT2D eigenvalue weighted by Gasteiger charge is 2.26. The van der Waals surface area contributed by atoms with Crippen molar-refractivity contribution in [3.05, 3.63) is 81.2 Å². The van der Waals surface area contributed by atoms with Gasteiger partial charge in [0.05, 0.1) is 9.85 Å². The third kappa shape index (κ3) is 3.79. The zero-order chi connectivity index (χ0) is 19.4. The van der Waals surface area contributed by atoms with Crippen molar-refractivity contribution < 1.29 is 9.85 Å². The molecule has 136 valence electrons. The number of nitrogens with one attached hydrogen (secondary N) is 1. The van der Waals surface area contributed by atoms with Crippen LogP contribution in [0.5, 0.6) is 0 Å². The Labute approximate surface area is 153 Å². The fourth-order valence-electron chi connectivity index (χ4n) is 2.48. The molecule has 10 heteroatoms. The average molecular weight is 366 g/mol. The first-order valence-electron chi connectivity index (χ1n) is 7.77. The number of non-ortho nitro benzene ring substituents is 1. The van der Waals surface area contributed by atoms with Gasteiger partial charge in [0.2, 0.25) is 11.6 Å². The lowest BCUT2D eigenvalue weighted by Gasteiger charge is -2.18. The Kier molecular flexibility index (Phi) is 4.88. The first-order valence-corrected chi connectivity index (χ1v) is 7.77. The van der Waals surface area contributed by atoms with E-state index in [1.54, 1.807) is 42.3 Å². The van der Waals surface area contributed by atoms with Crippen molar-refractivity contribution in [3.8, 4) is 0 Å². The van der Waals surface area contributed by atoms with Gasteiger partial charge in [0.15, 0.2) is 0 Å². The Balaban J connectivity index is 2.03. The molecule has 0 amide bonds. The van der Waals surface area contributed by atoms with Gasteiger partial charge in [-0.25, -0.2) is 9.97 Å². The molecule has 0 saturated heterocycles. The molecule has 0 fully saturated rings. The summed E-state index contributed by atoms with van der Waals surface area (Å²) >= 11 is 0. The maximum atomic E-state index is 11.7. The molecule has 0 radical (unpaired) electrons. The third-order valence-corrected chi connectivity index (χ3v) is 3.77. The minimum absolute atomic E-state index is 0.0618. The van der Waals surface area contributed by atoms with Gasteiger partial charge in [-0.15, -0.1) is 0 Å². The molecular weight excluding hydrogens is 352 g/mol. The van der Waals surface area contributed by atoms with Crippen LogP contribution in [-0.4, -0.2) is 26.9 Å². The van der Waals surface area contributed by atoms with E-state index in [1.807, 2.05) is 6.07 Å². The largest absolute Gasteiger partial charge is 0.354 e. The van der Waals surface area contributed by atoms with Gasteiger partial charge in [-0.05, 0) is 18.2 Å². The fraction of sp³-hybridized carbons (Fsp3) is 0.0588. The second-order valence-corrected chi connectivity index (χ2v) is 5.48. The number of para-hydroxylation sites is 1. The van der Waals surface area contributed by atoms with Gasteiger partial charge in [0, 0.05) is 30.6 Å². The molecule has 0 aliphatic rings. The molecule has 1 N–H and O–H groups in total. The normalized spacial score (nSPS) is 10.3. The van der Waals surface area contributed by atoms with Crippen LogP contribution in [0.2, 0.25) is 0 Å². The molecule has 10 nitrogen and oxygen atoms in total. The highest BCUT2D eigenvalue weighted by molar-refractivity contribution is 5.78. The molecule has 0 saturated carbocycles. The van der Waals surface area contributed by atoms with Gasteiger partial charge in [-0.1, -0.05) is 24.3 Å². The maximum absolute atomic E-state index is 11.7. The quantitative estimate of drug-likeness (QED) is 0.515. The SMILES string of the molecule is CN(c1ccccc1)c1ncnc(Nc2cccc([N+](=O)[O-])c2)c1[N+](=O)[O-]. The van der Waals surface area contributed by atoms with Crippen LogP contribution in [0.3, 0.4) is 0 Å². The lowest BCUT2D eigenvalue weighted by molar-refractivity contribution is -0.384. The molecule has 0 spiro atoms. The second-order valence-electron chi connectivity index (χ2n) is 5.48. The summed E-state index contributed by atoms with van der Waals surface area (Å²) in [5.74, 6) is 0.0300. The van der Waals surface area contributed by atoms with E-state index in [0.29, 0.717) is 11.4 Å². The van der Waals surface area contributed by atoms with E-state index in [0.717, 1.165) is 0 Å². The summed E-state index contributed by atoms with van der Waals surface area (Å²) < 4.78 is 0. The molecule has 0 unspecified atom stereocenters. The molecule has 0 aliphatic carbocycles. The monoisotopic (exact) mass is 366 g/mol. The van der Waals surface area contributed by atoms with Gasteiger partial charge in [-0.3, -0.25) is 20.2 Å². The van der Waals surface area contributed by atoms with Crippen molar-refractivity contribution in [2.45, 2.75) is 0 Å². The predicted octanol–water partition coefficient (Wildman–Crippen LogP) is 3.80. The van der Waals surface area contributed by atoms with Crippen LogP contribution in [-0.2, 0) is 0 Å². The molecular formula is C17H14N6O4. The number of hydrogen-bond acceptors (Lipinski definition) is 8. The van der Waals surface area contributed by atoms with Gasteiger partial charge < -0.3 is 10.2 Å². The smallest absolute Gasteiger partial charge is 0.334 e. The van der Waals surface area contributed by atoms with E-state index < -0.39 is 9.85 Å². The highest BCUT2D eigenvalue weighted by Crippen LogP contribution is 2.36. The van der Waals surface area contributed by atoms with Crippen LogP contribution >= 0.6 is 0 Å². The van der Waals surface area contributed by atoms with Gasteiger partial charge in [-0.2, -0.15) is 0 Å². The summed E-state index contributed by atoms with van der Waals surface area (Å²) in [5, 5.41) is 25.4. The van der Waals surface area contributed by atoms with Crippen molar-refractivity contribution in [1.82, 2.24) is 9.97 Å². The molecule has 0 aliphatic heterocycles. The Morgan fingerprint density at radius 3 is 2.37 bits per heavy atom. The van der Waals surface area contributed by atoms with Crippen LogP contribution in [0.15, 0.2) is 60.9 Å². The molecule has 0 atom stereocenters. The van der Waals surface area contributed by atoms with Gasteiger partial charge >= 0.3 is 5.69 Å². The number of nitrogens with zero attached hydrogens (tertiary/aromatic N) is 5. The number of aromatic nitrogens is 2. The lowest BCUT2D eigenvalue weighted by Crippen LogP contribution is -2.15. The van der Waals surface area contributed by atoms with Crippen LogP contribution in [0.25, 0.3) is 0 Å². The summed E-state index contributed by atoms with van der Waals surface area (Å²) in [6, 6.07) is 14.7. The standard InChI is InChI=1S/C17H14N6O4/c1-21(13-7-3-2-4-8-13)17-15(23(26)27)16(18-11-19-17)20-12-6-5-9-14(10-12)22(24)25/h2-11H,1H3,(H,18,19,20). The highest BCUT2D eigenvalue weighted by atomic mass is 16.6. The number of nitro benzene ring substituents is 1. The number of nitro groups is 2. The molecule has 3 rings (SSSR count). The first-order chi connectivity index (χ1) is 13.0. The second kappa shape index (κ2) is 7.44. The predicted molar refractivity (Wildman–Crippen MR) is 99.6 cm³/mol. The molecule has 27 heavy (non-hydrogen) atoms. The van der Waals surface area contributed by atoms with Crippen molar-refractivity contribution >= 4 is 34.4 Å². The van der Waals surface area contributed by atoms with Crippen molar-refractivity contribution in [3.63, 3.8) is 0 Å². The average Bonchev–Trinajstić information content (AvgIpc) is 2.68. The van der Waals surface area contributed by atoms with Crippen molar-refractivity contribution in [1.29, 1.82) is 0 Å². The number of hydrogen-bond donors (Lipinski definition) is 1. The van der Waals surface area contributed by atoms with E-state index in [2.05, 4.69) is 15.3 Å². The minimum atomic E-state index is -0.589. The number of anilines is 4. The molecule has 3 aromatic rings. The molecule has 1 aromatic heterocycles. The zero-order valence-electron chi connectivity index (χ0n) is 14.1. The topological polar surface area (TPSA) is 127 Å². The summed E-state index contributed by atoms with van der Waals surface area (Å²) in [7, 11) is 1.65. The van der Waals surface area contributed by atoms with Crippen LogP contribution in [0, 0.1) is 20.2 Å². The summed E-state index contributed by atoms with van der Waals surface area (Å²) in [6.45, 7) is 0. The van der Waals surface area contributed by atoms with E-state index in [1.165, 1.54) is 24.5 Å². The minimum Gasteiger partial charge on any atom is -0.334 e. The van der Waals surface area contributed by atoms with E-state index in [9.17, 15) is 20.2 Å². The van der Waals surface area contributed by atoms with Gasteiger partial charge in [0.1, 0.15) is 6.33 Å². The van der Waals surface area contributed by atoms with Crippen molar-refractivity contribution in [2.24, 2.45) is 0 Å².